The van der Waals surface area contributed by atoms with Crippen molar-refractivity contribution in [1.29, 1.82) is 0 Å². The van der Waals surface area contributed by atoms with Crippen LogP contribution in [0.4, 0.5) is 0 Å². The van der Waals surface area contributed by atoms with Crippen LogP contribution in [0, 0.1) is 5.92 Å². The minimum Gasteiger partial charge on any atom is -0.207 e. The minimum atomic E-state index is -3.38. The van der Waals surface area contributed by atoms with Gasteiger partial charge in [-0.3, -0.25) is 0 Å². The highest BCUT2D eigenvalue weighted by Gasteiger charge is 2.23. The lowest BCUT2D eigenvalue weighted by Crippen LogP contribution is -2.30. The van der Waals surface area contributed by atoms with Crippen LogP contribution in [0.2, 0.25) is 0 Å². The number of hydrogen-bond acceptors (Lipinski definition) is 2. The van der Waals surface area contributed by atoms with Gasteiger partial charge in [-0.25, -0.2) is 12.7 Å². The first-order valence-corrected chi connectivity index (χ1v) is 7.30. The Balaban J connectivity index is 3.08. The first-order valence-electron chi connectivity index (χ1n) is 5.06. The highest BCUT2D eigenvalue weighted by molar-refractivity contribution is 9.10. The Labute approximate surface area is 106 Å². The molecule has 0 atom stereocenters. The summed E-state index contributed by atoms with van der Waals surface area (Å²) < 4.78 is 26.4. The molecule has 0 bridgehead atoms. The van der Waals surface area contributed by atoms with Crippen molar-refractivity contribution in [3.8, 4) is 0 Å². The average Bonchev–Trinajstić information content (AvgIpc) is 2.16. The van der Waals surface area contributed by atoms with Gasteiger partial charge >= 0.3 is 0 Å². The fourth-order valence-electron chi connectivity index (χ4n) is 1.43. The van der Waals surface area contributed by atoms with Gasteiger partial charge in [0.15, 0.2) is 0 Å². The second kappa shape index (κ2) is 5.29. The Kier molecular flexibility index (Phi) is 4.52. The van der Waals surface area contributed by atoms with E-state index in [0.717, 1.165) is 0 Å². The third kappa shape index (κ3) is 3.06. The van der Waals surface area contributed by atoms with Crippen molar-refractivity contribution in [3.63, 3.8) is 0 Å². The van der Waals surface area contributed by atoms with Crippen molar-refractivity contribution in [2.45, 2.75) is 18.7 Å². The molecule has 0 unspecified atom stereocenters. The number of nitrogens with zero attached hydrogens (tertiary/aromatic N) is 1. The van der Waals surface area contributed by atoms with Crippen LogP contribution in [0.15, 0.2) is 33.6 Å². The number of benzene rings is 1. The summed E-state index contributed by atoms with van der Waals surface area (Å²) in [5, 5.41) is 0. The van der Waals surface area contributed by atoms with Crippen molar-refractivity contribution in [2.24, 2.45) is 5.92 Å². The summed E-state index contributed by atoms with van der Waals surface area (Å²) in [7, 11) is -1.77. The van der Waals surface area contributed by atoms with Crippen LogP contribution in [0.1, 0.15) is 13.8 Å². The lowest BCUT2D eigenvalue weighted by molar-refractivity contribution is 0.417. The number of rotatable bonds is 4. The van der Waals surface area contributed by atoms with Gasteiger partial charge in [-0.2, -0.15) is 0 Å². The second-order valence-corrected chi connectivity index (χ2v) is 6.98. The van der Waals surface area contributed by atoms with E-state index in [4.69, 9.17) is 0 Å². The molecule has 0 radical (unpaired) electrons. The minimum absolute atomic E-state index is 0.308. The number of sulfonamides is 1. The summed E-state index contributed by atoms with van der Waals surface area (Å²) in [5.41, 5.74) is 0. The Hall–Kier alpha value is -0.390. The van der Waals surface area contributed by atoms with E-state index in [2.05, 4.69) is 15.9 Å². The molecule has 1 aromatic rings. The molecule has 0 amide bonds. The molecule has 0 heterocycles. The number of hydrogen-bond donors (Lipinski definition) is 0. The van der Waals surface area contributed by atoms with Crippen molar-refractivity contribution in [1.82, 2.24) is 4.31 Å². The molecular weight excluding hydrogens is 290 g/mol. The van der Waals surface area contributed by atoms with E-state index in [1.807, 2.05) is 13.8 Å². The van der Waals surface area contributed by atoms with E-state index >= 15 is 0 Å². The second-order valence-electron chi connectivity index (χ2n) is 4.11. The van der Waals surface area contributed by atoms with E-state index < -0.39 is 10.0 Å². The van der Waals surface area contributed by atoms with E-state index in [9.17, 15) is 8.42 Å². The summed E-state index contributed by atoms with van der Waals surface area (Å²) in [4.78, 5) is 0.318. The summed E-state index contributed by atoms with van der Waals surface area (Å²) in [6.45, 7) is 4.50. The summed E-state index contributed by atoms with van der Waals surface area (Å²) in [5.74, 6) is 0.308. The monoisotopic (exact) mass is 305 g/mol. The van der Waals surface area contributed by atoms with Crippen LogP contribution in [0.25, 0.3) is 0 Å². The van der Waals surface area contributed by atoms with Gasteiger partial charge in [0.25, 0.3) is 0 Å². The van der Waals surface area contributed by atoms with Crippen LogP contribution in [-0.4, -0.2) is 26.3 Å². The molecule has 1 rings (SSSR count). The van der Waals surface area contributed by atoms with Crippen LogP contribution in [0.5, 0.6) is 0 Å². The molecule has 0 aliphatic rings. The zero-order chi connectivity index (χ0) is 12.3. The van der Waals surface area contributed by atoms with Gasteiger partial charge in [-0.1, -0.05) is 26.0 Å². The highest BCUT2D eigenvalue weighted by atomic mass is 79.9. The van der Waals surface area contributed by atoms with Gasteiger partial charge in [-0.05, 0) is 34.0 Å². The topological polar surface area (TPSA) is 37.4 Å². The smallest absolute Gasteiger partial charge is 0.207 e. The normalized spacial score (nSPS) is 12.4. The quantitative estimate of drug-likeness (QED) is 0.858. The molecule has 3 nitrogen and oxygen atoms in total. The van der Waals surface area contributed by atoms with Gasteiger partial charge < -0.3 is 0 Å². The largest absolute Gasteiger partial charge is 0.243 e. The van der Waals surface area contributed by atoms with E-state index in [1.165, 1.54) is 4.31 Å². The summed E-state index contributed by atoms with van der Waals surface area (Å²) in [6.07, 6.45) is 0. The maximum absolute atomic E-state index is 12.2. The predicted octanol–water partition coefficient (Wildman–Crippen LogP) is 2.73. The van der Waals surface area contributed by atoms with Crippen LogP contribution >= 0.6 is 15.9 Å². The molecule has 0 saturated heterocycles. The van der Waals surface area contributed by atoms with E-state index in [0.29, 0.717) is 21.8 Å². The Morgan fingerprint density at radius 3 is 2.38 bits per heavy atom. The summed E-state index contributed by atoms with van der Waals surface area (Å²) in [6, 6.07) is 6.86. The molecule has 0 aliphatic carbocycles. The lowest BCUT2D eigenvalue weighted by Gasteiger charge is -2.19. The predicted molar refractivity (Wildman–Crippen MR) is 68.8 cm³/mol. The third-order valence-corrected chi connectivity index (χ3v) is 4.98. The van der Waals surface area contributed by atoms with Gasteiger partial charge in [0.2, 0.25) is 10.0 Å². The molecule has 0 fully saturated rings. The molecule has 0 saturated carbocycles. The Morgan fingerprint density at radius 1 is 1.31 bits per heavy atom. The lowest BCUT2D eigenvalue weighted by atomic mass is 10.2. The Morgan fingerprint density at radius 2 is 1.88 bits per heavy atom. The maximum Gasteiger partial charge on any atom is 0.243 e. The third-order valence-electron chi connectivity index (χ3n) is 2.15. The van der Waals surface area contributed by atoms with Gasteiger partial charge in [0, 0.05) is 18.1 Å². The van der Waals surface area contributed by atoms with Crippen molar-refractivity contribution >= 4 is 26.0 Å². The first kappa shape index (κ1) is 13.7. The Bertz CT molecular complexity index is 457. The summed E-state index contributed by atoms with van der Waals surface area (Å²) >= 11 is 3.26. The molecular formula is C11H16BrNO2S. The molecule has 5 heteroatoms. The fourth-order valence-corrected chi connectivity index (χ4v) is 3.73. The zero-order valence-corrected chi connectivity index (χ0v) is 12.0. The zero-order valence-electron chi connectivity index (χ0n) is 9.64. The van der Waals surface area contributed by atoms with Gasteiger partial charge in [0.05, 0.1) is 4.90 Å². The van der Waals surface area contributed by atoms with Crippen molar-refractivity contribution in [2.75, 3.05) is 13.6 Å². The van der Waals surface area contributed by atoms with Crippen molar-refractivity contribution < 1.29 is 8.42 Å². The molecule has 0 aliphatic heterocycles. The van der Waals surface area contributed by atoms with Crippen LogP contribution in [-0.2, 0) is 10.0 Å². The van der Waals surface area contributed by atoms with Gasteiger partial charge in [-0.15, -0.1) is 0 Å². The molecule has 0 aromatic heterocycles. The molecule has 0 N–H and O–H groups in total. The van der Waals surface area contributed by atoms with Crippen LogP contribution < -0.4 is 0 Å². The first-order chi connectivity index (χ1) is 7.35. The molecule has 90 valence electrons. The van der Waals surface area contributed by atoms with E-state index in [1.54, 1.807) is 31.3 Å². The van der Waals surface area contributed by atoms with Crippen molar-refractivity contribution in [3.05, 3.63) is 28.7 Å². The fraction of sp³-hybridized carbons (Fsp3) is 0.455. The molecule has 16 heavy (non-hydrogen) atoms. The average molecular weight is 306 g/mol. The van der Waals surface area contributed by atoms with Crippen LogP contribution in [0.3, 0.4) is 0 Å². The standard InChI is InChI=1S/C11H16BrNO2S/c1-9(2)8-13(3)16(14,15)11-7-5-4-6-10(11)12/h4-7,9H,8H2,1-3H3. The molecule has 0 spiro atoms. The van der Waals surface area contributed by atoms with E-state index in [-0.39, 0.29) is 0 Å². The highest BCUT2D eigenvalue weighted by Crippen LogP contribution is 2.24. The maximum atomic E-state index is 12.2. The van der Waals surface area contributed by atoms with Gasteiger partial charge in [0.1, 0.15) is 0 Å². The SMILES string of the molecule is CC(C)CN(C)S(=O)(=O)c1ccccc1Br. The number of halogens is 1. The molecule has 1 aromatic carbocycles.